The Hall–Kier alpha value is -6.94. The van der Waals surface area contributed by atoms with Crippen LogP contribution in [0.4, 0.5) is 0 Å². The molecule has 268 valence electrons. The Morgan fingerprint density at radius 1 is 0.404 bits per heavy atom. The van der Waals surface area contributed by atoms with Crippen molar-refractivity contribution in [2.24, 2.45) is 0 Å². The SMILES string of the molecule is CC1(c2ccccc2)c2ccccc2-c2c(-c3cc(-c4cccc(-c5cccc(-c6cccc7c6sc6ccccc67)c5)c4)nc(-c4ccccc4)n3)cccc21. The predicted octanol–water partition coefficient (Wildman–Crippen LogP) is 14.5. The molecule has 1 aliphatic rings. The zero-order valence-electron chi connectivity index (χ0n) is 31.4. The molecule has 8 aromatic carbocycles. The zero-order chi connectivity index (χ0) is 37.9. The lowest BCUT2D eigenvalue weighted by Crippen LogP contribution is -2.22. The Balaban J connectivity index is 1.05. The fourth-order valence-electron chi connectivity index (χ4n) is 8.99. The molecule has 57 heavy (non-hydrogen) atoms. The summed E-state index contributed by atoms with van der Waals surface area (Å²) in [7, 11) is 0. The van der Waals surface area contributed by atoms with E-state index in [1.165, 1.54) is 64.7 Å². The molecule has 0 spiro atoms. The van der Waals surface area contributed by atoms with Gasteiger partial charge < -0.3 is 0 Å². The maximum Gasteiger partial charge on any atom is 0.160 e. The molecule has 1 atom stereocenters. The van der Waals surface area contributed by atoms with Crippen LogP contribution in [-0.2, 0) is 5.41 Å². The van der Waals surface area contributed by atoms with Gasteiger partial charge in [0.05, 0.1) is 11.4 Å². The van der Waals surface area contributed by atoms with Crippen LogP contribution >= 0.6 is 11.3 Å². The van der Waals surface area contributed by atoms with Gasteiger partial charge in [0.15, 0.2) is 5.82 Å². The summed E-state index contributed by atoms with van der Waals surface area (Å²) in [5, 5.41) is 2.63. The number of aromatic nitrogens is 2. The monoisotopic (exact) mass is 744 g/mol. The van der Waals surface area contributed by atoms with Crippen LogP contribution in [0.15, 0.2) is 200 Å². The fraction of sp³-hybridized carbons (Fsp3) is 0.0370. The highest BCUT2D eigenvalue weighted by molar-refractivity contribution is 7.26. The molecule has 0 amide bonds. The molecule has 0 N–H and O–H groups in total. The molecule has 2 aromatic heterocycles. The highest BCUT2D eigenvalue weighted by Gasteiger charge is 2.41. The van der Waals surface area contributed by atoms with Crippen LogP contribution < -0.4 is 0 Å². The van der Waals surface area contributed by atoms with Crippen LogP contribution in [0.3, 0.4) is 0 Å². The van der Waals surface area contributed by atoms with Gasteiger partial charge in [0.25, 0.3) is 0 Å². The smallest absolute Gasteiger partial charge is 0.160 e. The van der Waals surface area contributed by atoms with E-state index < -0.39 is 0 Å². The van der Waals surface area contributed by atoms with Gasteiger partial charge in [-0.05, 0) is 81.3 Å². The first-order valence-electron chi connectivity index (χ1n) is 19.5. The molecule has 0 saturated carbocycles. The summed E-state index contributed by atoms with van der Waals surface area (Å²) >= 11 is 1.87. The maximum atomic E-state index is 5.33. The summed E-state index contributed by atoms with van der Waals surface area (Å²) in [6, 6.07) is 72.1. The Kier molecular flexibility index (Phi) is 7.84. The summed E-state index contributed by atoms with van der Waals surface area (Å²) in [5.74, 6) is 0.710. The van der Waals surface area contributed by atoms with Crippen molar-refractivity contribution in [2.45, 2.75) is 12.3 Å². The number of hydrogen-bond donors (Lipinski definition) is 0. The Labute approximate surface area is 336 Å². The van der Waals surface area contributed by atoms with Crippen molar-refractivity contribution in [1.82, 2.24) is 9.97 Å². The van der Waals surface area contributed by atoms with E-state index in [1.54, 1.807) is 0 Å². The number of fused-ring (bicyclic) bond motifs is 6. The largest absolute Gasteiger partial charge is 0.228 e. The van der Waals surface area contributed by atoms with Crippen LogP contribution in [-0.4, -0.2) is 9.97 Å². The van der Waals surface area contributed by atoms with Gasteiger partial charge in [0.2, 0.25) is 0 Å². The van der Waals surface area contributed by atoms with E-state index >= 15 is 0 Å². The van der Waals surface area contributed by atoms with Gasteiger partial charge in [-0.25, -0.2) is 9.97 Å². The number of benzene rings is 8. The standard InChI is InChI=1S/C54H36N2S/c1-54(40-22-6-3-7-23-40)46-29-10-8-25-44(46)51-45(28-15-30-47(51)54)49-34-48(55-53(56-49)35-16-4-2-5-17-35)39-21-13-19-37(33-39)36-18-12-20-38(32-36)41-26-14-27-43-42-24-9-11-31-50(42)57-52(41)43/h2-34H,1H3. The molecule has 1 aliphatic carbocycles. The summed E-state index contributed by atoms with van der Waals surface area (Å²) < 4.78 is 2.64. The second-order valence-corrected chi connectivity index (χ2v) is 16.1. The van der Waals surface area contributed by atoms with Crippen molar-refractivity contribution in [2.75, 3.05) is 0 Å². The van der Waals surface area contributed by atoms with Gasteiger partial charge in [-0.2, -0.15) is 0 Å². The molecule has 0 bridgehead atoms. The van der Waals surface area contributed by atoms with Gasteiger partial charge >= 0.3 is 0 Å². The fourth-order valence-corrected chi connectivity index (χ4v) is 10.2. The third-order valence-electron chi connectivity index (χ3n) is 11.8. The van der Waals surface area contributed by atoms with Gasteiger partial charge in [0.1, 0.15) is 0 Å². The Morgan fingerprint density at radius 3 is 1.81 bits per heavy atom. The molecule has 0 radical (unpaired) electrons. The first-order valence-corrected chi connectivity index (χ1v) is 20.3. The van der Waals surface area contributed by atoms with E-state index in [4.69, 9.17) is 9.97 Å². The topological polar surface area (TPSA) is 25.8 Å². The first-order chi connectivity index (χ1) is 28.1. The molecular weight excluding hydrogens is 709 g/mol. The van der Waals surface area contributed by atoms with Crippen molar-refractivity contribution in [3.05, 3.63) is 217 Å². The number of nitrogens with zero attached hydrogens (tertiary/aromatic N) is 2. The molecule has 2 nitrogen and oxygen atoms in total. The molecule has 0 aliphatic heterocycles. The molecule has 0 saturated heterocycles. The Morgan fingerprint density at radius 2 is 0.965 bits per heavy atom. The third kappa shape index (κ3) is 5.46. The van der Waals surface area contributed by atoms with Crippen LogP contribution in [0.1, 0.15) is 23.6 Å². The molecule has 0 fully saturated rings. The lowest BCUT2D eigenvalue weighted by atomic mass is 9.74. The molecule has 10 aromatic rings. The third-order valence-corrected chi connectivity index (χ3v) is 13.0. The van der Waals surface area contributed by atoms with Crippen LogP contribution in [0.2, 0.25) is 0 Å². The number of rotatable bonds is 6. The van der Waals surface area contributed by atoms with E-state index in [0.717, 1.165) is 33.6 Å². The van der Waals surface area contributed by atoms with Crippen molar-refractivity contribution >= 4 is 31.5 Å². The van der Waals surface area contributed by atoms with Gasteiger partial charge in [-0.15, -0.1) is 11.3 Å². The second kappa shape index (κ2) is 13.4. The first kappa shape index (κ1) is 33.4. The minimum absolute atomic E-state index is 0.299. The lowest BCUT2D eigenvalue weighted by molar-refractivity contribution is 0.714. The van der Waals surface area contributed by atoms with Crippen molar-refractivity contribution in [3.63, 3.8) is 0 Å². The van der Waals surface area contributed by atoms with Crippen LogP contribution in [0.25, 0.3) is 87.5 Å². The second-order valence-electron chi connectivity index (χ2n) is 15.0. The summed E-state index contributed by atoms with van der Waals surface area (Å²) in [5.41, 5.74) is 15.8. The van der Waals surface area contributed by atoms with Gasteiger partial charge in [-0.3, -0.25) is 0 Å². The number of thiophene rings is 1. The quantitative estimate of drug-likeness (QED) is 0.169. The average molecular weight is 745 g/mol. The highest BCUT2D eigenvalue weighted by atomic mass is 32.1. The summed E-state index contributed by atoms with van der Waals surface area (Å²) in [4.78, 5) is 10.6. The average Bonchev–Trinajstić information content (AvgIpc) is 3.80. The molecular formula is C54H36N2S. The Bertz CT molecular complexity index is 3140. The number of hydrogen-bond acceptors (Lipinski definition) is 3. The molecule has 11 rings (SSSR count). The molecule has 1 unspecified atom stereocenters. The van der Waals surface area contributed by atoms with E-state index in [1.807, 2.05) is 17.4 Å². The van der Waals surface area contributed by atoms with Gasteiger partial charge in [-0.1, -0.05) is 176 Å². The van der Waals surface area contributed by atoms with Crippen molar-refractivity contribution in [1.29, 1.82) is 0 Å². The van der Waals surface area contributed by atoms with E-state index in [2.05, 4.69) is 201 Å². The van der Waals surface area contributed by atoms with Gasteiger partial charge in [0, 0.05) is 42.3 Å². The maximum absolute atomic E-state index is 5.33. The van der Waals surface area contributed by atoms with Crippen molar-refractivity contribution in [3.8, 4) is 67.3 Å². The zero-order valence-corrected chi connectivity index (χ0v) is 32.2. The molecule has 3 heteroatoms. The van der Waals surface area contributed by atoms with E-state index in [9.17, 15) is 0 Å². The van der Waals surface area contributed by atoms with Crippen LogP contribution in [0, 0.1) is 0 Å². The van der Waals surface area contributed by atoms with Crippen LogP contribution in [0.5, 0.6) is 0 Å². The normalized spacial score (nSPS) is 14.5. The predicted molar refractivity (Wildman–Crippen MR) is 240 cm³/mol. The van der Waals surface area contributed by atoms with Crippen molar-refractivity contribution < 1.29 is 0 Å². The van der Waals surface area contributed by atoms with E-state index in [0.29, 0.717) is 5.82 Å². The minimum atomic E-state index is -0.299. The molecule has 2 heterocycles. The van der Waals surface area contributed by atoms with E-state index in [-0.39, 0.29) is 5.41 Å². The summed E-state index contributed by atoms with van der Waals surface area (Å²) in [6.45, 7) is 2.36. The minimum Gasteiger partial charge on any atom is -0.228 e. The lowest BCUT2D eigenvalue weighted by Gasteiger charge is -2.28. The highest BCUT2D eigenvalue weighted by Crippen LogP contribution is 2.55. The summed E-state index contributed by atoms with van der Waals surface area (Å²) in [6.07, 6.45) is 0.